The van der Waals surface area contributed by atoms with Gasteiger partial charge in [0.15, 0.2) is 0 Å². The standard InChI is InChI=1S/C16H15Cl2NO/c1-2-11-6-3-4-9-15(11)19-16(20)10-12-13(17)7-5-8-14(12)18/h3-9H,2,10H2,1H3,(H,19,20). The lowest BCUT2D eigenvalue weighted by molar-refractivity contribution is -0.115. The highest BCUT2D eigenvalue weighted by Crippen LogP contribution is 2.25. The van der Waals surface area contributed by atoms with Crippen LogP contribution in [0.1, 0.15) is 18.1 Å². The van der Waals surface area contributed by atoms with Gasteiger partial charge in [-0.05, 0) is 35.7 Å². The van der Waals surface area contributed by atoms with Gasteiger partial charge in [0, 0.05) is 15.7 Å². The van der Waals surface area contributed by atoms with Crippen molar-refractivity contribution in [1.29, 1.82) is 0 Å². The summed E-state index contributed by atoms with van der Waals surface area (Å²) in [5, 5.41) is 3.93. The van der Waals surface area contributed by atoms with E-state index in [1.165, 1.54) is 0 Å². The molecule has 0 heterocycles. The number of amides is 1. The smallest absolute Gasteiger partial charge is 0.228 e. The van der Waals surface area contributed by atoms with Crippen molar-refractivity contribution in [3.8, 4) is 0 Å². The lowest BCUT2D eigenvalue weighted by Crippen LogP contribution is -2.16. The van der Waals surface area contributed by atoms with Gasteiger partial charge in [0.1, 0.15) is 0 Å². The third-order valence-electron chi connectivity index (χ3n) is 3.07. The van der Waals surface area contributed by atoms with Gasteiger partial charge < -0.3 is 5.32 Å². The number of benzene rings is 2. The largest absolute Gasteiger partial charge is 0.326 e. The van der Waals surface area contributed by atoms with Crippen LogP contribution < -0.4 is 5.32 Å². The Morgan fingerprint density at radius 3 is 2.35 bits per heavy atom. The highest BCUT2D eigenvalue weighted by molar-refractivity contribution is 6.36. The van der Waals surface area contributed by atoms with Crippen molar-refractivity contribution in [2.45, 2.75) is 19.8 Å². The van der Waals surface area contributed by atoms with Gasteiger partial charge in [0.05, 0.1) is 6.42 Å². The number of hydrogen-bond donors (Lipinski definition) is 1. The first-order valence-electron chi connectivity index (χ1n) is 6.42. The van der Waals surface area contributed by atoms with E-state index in [0.717, 1.165) is 17.7 Å². The molecule has 1 N–H and O–H groups in total. The van der Waals surface area contributed by atoms with Crippen LogP contribution in [-0.2, 0) is 17.6 Å². The minimum atomic E-state index is -0.124. The summed E-state index contributed by atoms with van der Waals surface area (Å²) in [4.78, 5) is 12.1. The zero-order chi connectivity index (χ0) is 14.5. The topological polar surface area (TPSA) is 29.1 Å². The van der Waals surface area contributed by atoms with Gasteiger partial charge in [-0.25, -0.2) is 0 Å². The normalized spacial score (nSPS) is 10.3. The van der Waals surface area contributed by atoms with Gasteiger partial charge in [-0.2, -0.15) is 0 Å². The van der Waals surface area contributed by atoms with Crippen molar-refractivity contribution >= 4 is 34.8 Å². The van der Waals surface area contributed by atoms with E-state index in [1.54, 1.807) is 18.2 Å². The number of rotatable bonds is 4. The second-order valence-electron chi connectivity index (χ2n) is 4.44. The molecular formula is C16H15Cl2NO. The Labute approximate surface area is 128 Å². The zero-order valence-electron chi connectivity index (χ0n) is 11.1. The Bertz CT molecular complexity index is 605. The van der Waals surface area contributed by atoms with Crippen LogP contribution in [0.3, 0.4) is 0 Å². The van der Waals surface area contributed by atoms with Crippen LogP contribution in [0.15, 0.2) is 42.5 Å². The molecule has 0 saturated heterocycles. The fourth-order valence-corrected chi connectivity index (χ4v) is 2.54. The molecule has 1 amide bonds. The van der Waals surface area contributed by atoms with E-state index in [0.29, 0.717) is 15.6 Å². The molecule has 0 unspecified atom stereocenters. The molecule has 0 fully saturated rings. The molecule has 2 aromatic carbocycles. The van der Waals surface area contributed by atoms with Crippen molar-refractivity contribution in [3.63, 3.8) is 0 Å². The summed E-state index contributed by atoms with van der Waals surface area (Å²) < 4.78 is 0. The Kier molecular flexibility index (Phi) is 5.05. The molecule has 4 heteroatoms. The third-order valence-corrected chi connectivity index (χ3v) is 3.78. The van der Waals surface area contributed by atoms with Gasteiger partial charge >= 0.3 is 0 Å². The summed E-state index contributed by atoms with van der Waals surface area (Å²) in [6.07, 6.45) is 1.03. The molecule has 0 atom stereocenters. The maximum Gasteiger partial charge on any atom is 0.228 e. The number of carbonyl (C=O) groups excluding carboxylic acids is 1. The van der Waals surface area contributed by atoms with Crippen LogP contribution in [0.2, 0.25) is 10.0 Å². The Balaban J connectivity index is 2.13. The van der Waals surface area contributed by atoms with Crippen LogP contribution in [0, 0.1) is 0 Å². The molecule has 0 aliphatic carbocycles. The summed E-state index contributed by atoms with van der Waals surface area (Å²) in [7, 11) is 0. The van der Waals surface area contributed by atoms with Crippen LogP contribution in [0.25, 0.3) is 0 Å². The van der Waals surface area contributed by atoms with Crippen molar-refractivity contribution in [3.05, 3.63) is 63.6 Å². The Morgan fingerprint density at radius 2 is 1.70 bits per heavy atom. The van der Waals surface area contributed by atoms with Crippen LogP contribution in [0.5, 0.6) is 0 Å². The van der Waals surface area contributed by atoms with Crippen LogP contribution in [-0.4, -0.2) is 5.91 Å². The van der Waals surface area contributed by atoms with E-state index in [4.69, 9.17) is 23.2 Å². The van der Waals surface area contributed by atoms with Gasteiger partial charge in [-0.1, -0.05) is 54.4 Å². The zero-order valence-corrected chi connectivity index (χ0v) is 12.6. The monoisotopic (exact) mass is 307 g/mol. The molecule has 0 aliphatic heterocycles. The molecule has 2 nitrogen and oxygen atoms in total. The number of para-hydroxylation sites is 1. The summed E-state index contributed by atoms with van der Waals surface area (Å²) in [5.41, 5.74) is 2.59. The first kappa shape index (κ1) is 14.9. The number of halogens is 2. The lowest BCUT2D eigenvalue weighted by atomic mass is 10.1. The van der Waals surface area contributed by atoms with Crippen LogP contribution in [0.4, 0.5) is 5.69 Å². The van der Waals surface area contributed by atoms with Crippen LogP contribution >= 0.6 is 23.2 Å². The molecule has 0 aliphatic rings. The van der Waals surface area contributed by atoms with E-state index in [-0.39, 0.29) is 12.3 Å². The molecule has 20 heavy (non-hydrogen) atoms. The molecule has 0 saturated carbocycles. The predicted octanol–water partition coefficient (Wildman–Crippen LogP) is 4.74. The van der Waals surface area contributed by atoms with E-state index in [2.05, 4.69) is 12.2 Å². The summed E-state index contributed by atoms with van der Waals surface area (Å²) >= 11 is 12.1. The lowest BCUT2D eigenvalue weighted by Gasteiger charge is -2.11. The average molecular weight is 308 g/mol. The van der Waals surface area contributed by atoms with Gasteiger partial charge in [0.2, 0.25) is 5.91 Å². The number of anilines is 1. The highest BCUT2D eigenvalue weighted by atomic mass is 35.5. The first-order valence-corrected chi connectivity index (χ1v) is 7.18. The number of carbonyl (C=O) groups is 1. The van der Waals surface area contributed by atoms with E-state index in [9.17, 15) is 4.79 Å². The molecule has 0 bridgehead atoms. The van der Waals surface area contributed by atoms with Gasteiger partial charge in [-0.3, -0.25) is 4.79 Å². The van der Waals surface area contributed by atoms with E-state index in [1.807, 2.05) is 24.3 Å². The number of nitrogens with one attached hydrogen (secondary N) is 1. The van der Waals surface area contributed by atoms with E-state index >= 15 is 0 Å². The minimum Gasteiger partial charge on any atom is -0.326 e. The summed E-state index contributed by atoms with van der Waals surface area (Å²) in [6.45, 7) is 2.05. The van der Waals surface area contributed by atoms with Crippen molar-refractivity contribution in [2.75, 3.05) is 5.32 Å². The molecular weight excluding hydrogens is 293 g/mol. The second kappa shape index (κ2) is 6.78. The second-order valence-corrected chi connectivity index (χ2v) is 5.25. The maximum atomic E-state index is 12.1. The minimum absolute atomic E-state index is 0.124. The first-order chi connectivity index (χ1) is 9.61. The van der Waals surface area contributed by atoms with E-state index < -0.39 is 0 Å². The Hall–Kier alpha value is -1.51. The maximum absolute atomic E-state index is 12.1. The van der Waals surface area contributed by atoms with Gasteiger partial charge in [-0.15, -0.1) is 0 Å². The highest BCUT2D eigenvalue weighted by Gasteiger charge is 2.11. The fourth-order valence-electron chi connectivity index (χ4n) is 2.01. The van der Waals surface area contributed by atoms with Crippen molar-refractivity contribution in [1.82, 2.24) is 0 Å². The molecule has 104 valence electrons. The molecule has 2 rings (SSSR count). The Morgan fingerprint density at radius 1 is 1.05 bits per heavy atom. The SMILES string of the molecule is CCc1ccccc1NC(=O)Cc1c(Cl)cccc1Cl. The number of hydrogen-bond acceptors (Lipinski definition) is 1. The average Bonchev–Trinajstić information content (AvgIpc) is 2.44. The summed E-state index contributed by atoms with van der Waals surface area (Å²) in [6, 6.07) is 13.0. The summed E-state index contributed by atoms with van der Waals surface area (Å²) in [5.74, 6) is -0.124. The molecule has 2 aromatic rings. The quantitative estimate of drug-likeness (QED) is 0.868. The molecule has 0 aromatic heterocycles. The van der Waals surface area contributed by atoms with Gasteiger partial charge in [0.25, 0.3) is 0 Å². The third kappa shape index (κ3) is 3.53. The van der Waals surface area contributed by atoms with Crippen molar-refractivity contribution in [2.24, 2.45) is 0 Å². The predicted molar refractivity (Wildman–Crippen MR) is 84.6 cm³/mol. The number of aryl methyl sites for hydroxylation is 1. The fraction of sp³-hybridized carbons (Fsp3) is 0.188. The van der Waals surface area contributed by atoms with Crippen molar-refractivity contribution < 1.29 is 4.79 Å². The molecule has 0 spiro atoms. The molecule has 0 radical (unpaired) electrons.